The zero-order chi connectivity index (χ0) is 19.5. The van der Waals surface area contributed by atoms with Crippen molar-refractivity contribution >= 4 is 35.1 Å². The van der Waals surface area contributed by atoms with E-state index in [4.69, 9.17) is 14.2 Å². The minimum atomic E-state index is -0.599. The van der Waals surface area contributed by atoms with E-state index in [1.807, 2.05) is 18.2 Å². The van der Waals surface area contributed by atoms with Gasteiger partial charge in [-0.25, -0.2) is 0 Å². The molecule has 0 fully saturated rings. The number of carbonyl (C=O) groups excluding carboxylic acids is 3. The molecule has 8 heteroatoms. The lowest BCUT2D eigenvalue weighted by molar-refractivity contribution is -0.143. The number of anilines is 1. The molecule has 0 saturated carbocycles. The van der Waals surface area contributed by atoms with Gasteiger partial charge in [0, 0.05) is 10.5 Å². The number of ether oxygens (including phenoxy) is 3. The highest BCUT2D eigenvalue weighted by molar-refractivity contribution is 8.01. The Labute approximate surface area is 165 Å². The van der Waals surface area contributed by atoms with Crippen molar-refractivity contribution in [2.75, 3.05) is 25.1 Å². The van der Waals surface area contributed by atoms with Crippen LogP contribution in [-0.2, 0) is 14.3 Å². The first kappa shape index (κ1) is 18.4. The SMILES string of the molecule is O=C(C[C@@H]1Sc2ccccc2NC1=O)OCC(=O)c1ccc2c(c1)OCCO2. The number of thioether (sulfide) groups is 1. The van der Waals surface area contributed by atoms with Crippen LogP contribution in [0.3, 0.4) is 0 Å². The van der Waals surface area contributed by atoms with Crippen LogP contribution in [-0.4, -0.2) is 42.7 Å². The summed E-state index contributed by atoms with van der Waals surface area (Å²) in [7, 11) is 0. The Hall–Kier alpha value is -3.00. The Morgan fingerprint density at radius 3 is 2.75 bits per heavy atom. The van der Waals surface area contributed by atoms with Crippen LogP contribution in [0, 0.1) is 0 Å². The van der Waals surface area contributed by atoms with E-state index >= 15 is 0 Å². The fourth-order valence-electron chi connectivity index (χ4n) is 2.88. The molecular weight excluding hydrogens is 382 g/mol. The van der Waals surface area contributed by atoms with E-state index < -0.39 is 17.8 Å². The topological polar surface area (TPSA) is 90.9 Å². The van der Waals surface area contributed by atoms with Crippen LogP contribution in [0.1, 0.15) is 16.8 Å². The van der Waals surface area contributed by atoms with Crippen LogP contribution < -0.4 is 14.8 Å². The summed E-state index contributed by atoms with van der Waals surface area (Å²) < 4.78 is 16.0. The summed E-state index contributed by atoms with van der Waals surface area (Å²) in [6.45, 7) is 0.493. The smallest absolute Gasteiger partial charge is 0.307 e. The first-order valence-corrected chi connectivity index (χ1v) is 9.63. The molecule has 144 valence electrons. The third kappa shape index (κ3) is 3.96. The molecule has 7 nitrogen and oxygen atoms in total. The Morgan fingerprint density at radius 2 is 1.89 bits per heavy atom. The summed E-state index contributed by atoms with van der Waals surface area (Å²) in [5.41, 5.74) is 1.10. The van der Waals surface area contributed by atoms with Gasteiger partial charge in [0.15, 0.2) is 23.9 Å². The molecule has 2 aromatic carbocycles. The maximum atomic E-state index is 12.3. The Morgan fingerprint density at radius 1 is 1.11 bits per heavy atom. The number of esters is 1. The number of Topliss-reactive ketones (excluding diaryl/α,β-unsaturated/α-hetero) is 1. The van der Waals surface area contributed by atoms with Gasteiger partial charge in [0.25, 0.3) is 0 Å². The average Bonchev–Trinajstić information content (AvgIpc) is 2.72. The lowest BCUT2D eigenvalue weighted by Crippen LogP contribution is -2.31. The van der Waals surface area contributed by atoms with Crippen LogP contribution in [0.15, 0.2) is 47.4 Å². The largest absolute Gasteiger partial charge is 0.486 e. The number of nitrogens with one attached hydrogen (secondary N) is 1. The fourth-order valence-corrected chi connectivity index (χ4v) is 3.98. The van der Waals surface area contributed by atoms with Crippen LogP contribution in [0.4, 0.5) is 5.69 Å². The van der Waals surface area contributed by atoms with E-state index in [0.29, 0.717) is 30.3 Å². The third-order valence-corrected chi connectivity index (χ3v) is 5.56. The first-order valence-electron chi connectivity index (χ1n) is 8.75. The highest BCUT2D eigenvalue weighted by Crippen LogP contribution is 2.36. The molecule has 2 heterocycles. The number of hydrogen-bond acceptors (Lipinski definition) is 7. The van der Waals surface area contributed by atoms with E-state index in [1.165, 1.54) is 11.8 Å². The van der Waals surface area contributed by atoms with Crippen molar-refractivity contribution in [3.8, 4) is 11.5 Å². The van der Waals surface area contributed by atoms with Crippen molar-refractivity contribution < 1.29 is 28.6 Å². The number of rotatable bonds is 5. The Balaban J connectivity index is 1.32. The monoisotopic (exact) mass is 399 g/mol. The zero-order valence-electron chi connectivity index (χ0n) is 14.8. The first-order chi connectivity index (χ1) is 13.6. The fraction of sp³-hybridized carbons (Fsp3) is 0.250. The molecule has 1 atom stereocenters. The third-order valence-electron chi connectivity index (χ3n) is 4.29. The molecule has 2 aliphatic rings. The number of hydrogen-bond donors (Lipinski definition) is 1. The summed E-state index contributed by atoms with van der Waals surface area (Å²) in [6.07, 6.45) is -0.112. The van der Waals surface area contributed by atoms with Gasteiger partial charge in [-0.3, -0.25) is 14.4 Å². The highest BCUT2D eigenvalue weighted by Gasteiger charge is 2.29. The summed E-state index contributed by atoms with van der Waals surface area (Å²) in [5, 5.41) is 2.18. The lowest BCUT2D eigenvalue weighted by atomic mass is 10.1. The second-order valence-corrected chi connectivity index (χ2v) is 7.48. The van der Waals surface area contributed by atoms with Gasteiger partial charge in [0.05, 0.1) is 17.4 Å². The van der Waals surface area contributed by atoms with Crippen LogP contribution in [0.25, 0.3) is 0 Å². The van der Waals surface area contributed by atoms with Crippen molar-refractivity contribution in [3.63, 3.8) is 0 Å². The number of carbonyl (C=O) groups is 3. The van der Waals surface area contributed by atoms with Gasteiger partial charge >= 0.3 is 5.97 Å². The Bertz CT molecular complexity index is 944. The van der Waals surface area contributed by atoms with Crippen LogP contribution in [0.5, 0.6) is 11.5 Å². The summed E-state index contributed by atoms with van der Waals surface area (Å²) >= 11 is 1.31. The molecule has 0 bridgehead atoms. The van der Waals surface area contributed by atoms with Crippen molar-refractivity contribution in [2.45, 2.75) is 16.6 Å². The molecular formula is C20H17NO6S. The number of para-hydroxylation sites is 1. The molecule has 0 aliphatic carbocycles. The molecule has 1 N–H and O–H groups in total. The quantitative estimate of drug-likeness (QED) is 0.611. The highest BCUT2D eigenvalue weighted by atomic mass is 32.2. The maximum Gasteiger partial charge on any atom is 0.307 e. The summed E-state index contributed by atoms with van der Waals surface area (Å²) in [6, 6.07) is 12.2. The molecule has 2 aromatic rings. The number of amides is 1. The molecule has 2 aliphatic heterocycles. The number of fused-ring (bicyclic) bond motifs is 2. The van der Waals surface area contributed by atoms with Gasteiger partial charge in [-0.15, -0.1) is 11.8 Å². The van der Waals surface area contributed by atoms with E-state index in [0.717, 1.165) is 10.6 Å². The van der Waals surface area contributed by atoms with Gasteiger partial charge in [0.1, 0.15) is 13.2 Å². The predicted octanol–water partition coefficient (Wildman–Crippen LogP) is 2.69. The maximum absolute atomic E-state index is 12.3. The van der Waals surface area contributed by atoms with Crippen molar-refractivity contribution in [2.24, 2.45) is 0 Å². The van der Waals surface area contributed by atoms with Crippen LogP contribution in [0.2, 0.25) is 0 Å². The molecule has 1 amide bonds. The van der Waals surface area contributed by atoms with Crippen molar-refractivity contribution in [1.82, 2.24) is 0 Å². The summed E-state index contributed by atoms with van der Waals surface area (Å²) in [4.78, 5) is 37.5. The number of ketones is 1. The molecule has 28 heavy (non-hydrogen) atoms. The zero-order valence-corrected chi connectivity index (χ0v) is 15.6. The predicted molar refractivity (Wildman–Crippen MR) is 102 cm³/mol. The Kier molecular flexibility index (Phi) is 5.21. The molecule has 0 unspecified atom stereocenters. The van der Waals surface area contributed by atoms with Gasteiger partial charge in [-0.2, -0.15) is 0 Å². The van der Waals surface area contributed by atoms with E-state index in [1.54, 1.807) is 24.3 Å². The van der Waals surface area contributed by atoms with E-state index in [-0.39, 0.29) is 18.1 Å². The molecule has 0 aromatic heterocycles. The second kappa shape index (κ2) is 7.93. The molecule has 0 radical (unpaired) electrons. The van der Waals surface area contributed by atoms with Gasteiger partial charge < -0.3 is 19.5 Å². The lowest BCUT2D eigenvalue weighted by Gasteiger charge is -2.23. The second-order valence-electron chi connectivity index (χ2n) is 6.24. The molecule has 4 rings (SSSR count). The normalized spacial score (nSPS) is 17.3. The van der Waals surface area contributed by atoms with Gasteiger partial charge in [0.2, 0.25) is 5.91 Å². The van der Waals surface area contributed by atoms with Crippen molar-refractivity contribution in [3.05, 3.63) is 48.0 Å². The summed E-state index contributed by atoms with van der Waals surface area (Å²) in [5.74, 6) is -0.120. The minimum absolute atomic E-state index is 0.112. The van der Waals surface area contributed by atoms with Gasteiger partial charge in [-0.05, 0) is 30.3 Å². The minimum Gasteiger partial charge on any atom is -0.486 e. The van der Waals surface area contributed by atoms with Crippen molar-refractivity contribution in [1.29, 1.82) is 0 Å². The van der Waals surface area contributed by atoms with Crippen LogP contribution >= 0.6 is 11.8 Å². The average molecular weight is 399 g/mol. The number of benzene rings is 2. The van der Waals surface area contributed by atoms with E-state index in [2.05, 4.69) is 5.32 Å². The standard InChI is InChI=1S/C20H17NO6S/c22-14(12-5-6-15-16(9-12)26-8-7-25-15)11-27-19(23)10-18-20(24)21-13-3-1-2-4-17(13)28-18/h1-6,9,18H,7-8,10-11H2,(H,21,24)/t18-/m0/s1. The molecule has 0 saturated heterocycles. The van der Waals surface area contributed by atoms with E-state index in [9.17, 15) is 14.4 Å². The van der Waals surface area contributed by atoms with Gasteiger partial charge in [-0.1, -0.05) is 12.1 Å². The molecule has 0 spiro atoms.